The number of carbonyl (C=O) groups excluding carboxylic acids is 1. The highest BCUT2D eigenvalue weighted by molar-refractivity contribution is 5.94. The summed E-state index contributed by atoms with van der Waals surface area (Å²) in [6.07, 6.45) is 0. The predicted octanol–water partition coefficient (Wildman–Crippen LogP) is 2.54. The third-order valence-corrected chi connectivity index (χ3v) is 6.29. The molecule has 2 aromatic rings. The first kappa shape index (κ1) is 22.6. The van der Waals surface area contributed by atoms with Gasteiger partial charge in [0.25, 0.3) is 5.91 Å². The van der Waals surface area contributed by atoms with Gasteiger partial charge in [0, 0.05) is 50.4 Å². The number of para-hydroxylation sites is 1. The Balaban J connectivity index is 1.39. The maximum absolute atomic E-state index is 13.3. The summed E-state index contributed by atoms with van der Waals surface area (Å²) in [5, 5.41) is 0. The van der Waals surface area contributed by atoms with Crippen molar-refractivity contribution >= 4 is 5.91 Å². The van der Waals surface area contributed by atoms with Gasteiger partial charge >= 0.3 is 0 Å². The SMILES string of the molecule is COc1ccccc1[C@@H]1CN(C(=O)c2cccc(OCCN3CCOCC3)c2)CCN1C. The molecule has 32 heavy (non-hydrogen) atoms. The van der Waals surface area contributed by atoms with Gasteiger partial charge < -0.3 is 19.1 Å². The van der Waals surface area contributed by atoms with E-state index >= 15 is 0 Å². The first-order valence-electron chi connectivity index (χ1n) is 11.3. The van der Waals surface area contributed by atoms with Gasteiger partial charge in [-0.15, -0.1) is 0 Å². The molecular formula is C25H33N3O4. The molecule has 2 aliphatic rings. The number of piperazine rings is 1. The zero-order valence-electron chi connectivity index (χ0n) is 19.0. The number of nitrogens with zero attached hydrogens (tertiary/aromatic N) is 3. The Labute approximate surface area is 190 Å². The van der Waals surface area contributed by atoms with E-state index in [0.717, 1.165) is 56.5 Å². The summed E-state index contributed by atoms with van der Waals surface area (Å²) in [5.41, 5.74) is 1.77. The van der Waals surface area contributed by atoms with Gasteiger partial charge in [0.1, 0.15) is 18.1 Å². The van der Waals surface area contributed by atoms with Crippen molar-refractivity contribution in [2.24, 2.45) is 0 Å². The minimum absolute atomic E-state index is 0.0385. The average Bonchev–Trinajstić information content (AvgIpc) is 2.85. The van der Waals surface area contributed by atoms with Crippen molar-refractivity contribution in [3.8, 4) is 11.5 Å². The summed E-state index contributed by atoms with van der Waals surface area (Å²) in [5.74, 6) is 1.63. The highest BCUT2D eigenvalue weighted by Crippen LogP contribution is 2.31. The third kappa shape index (κ3) is 5.41. The maximum Gasteiger partial charge on any atom is 0.254 e. The summed E-state index contributed by atoms with van der Waals surface area (Å²) in [4.78, 5) is 19.9. The van der Waals surface area contributed by atoms with Crippen molar-refractivity contribution in [3.05, 3.63) is 59.7 Å². The number of benzene rings is 2. The second-order valence-corrected chi connectivity index (χ2v) is 8.32. The molecule has 0 spiro atoms. The molecule has 2 aliphatic heterocycles. The van der Waals surface area contributed by atoms with E-state index in [-0.39, 0.29) is 11.9 Å². The quantitative estimate of drug-likeness (QED) is 0.661. The monoisotopic (exact) mass is 439 g/mol. The largest absolute Gasteiger partial charge is 0.496 e. The lowest BCUT2D eigenvalue weighted by molar-refractivity contribution is 0.0322. The molecule has 172 valence electrons. The molecule has 7 heteroatoms. The number of amides is 1. The van der Waals surface area contributed by atoms with E-state index in [1.807, 2.05) is 47.4 Å². The smallest absolute Gasteiger partial charge is 0.254 e. The van der Waals surface area contributed by atoms with Crippen molar-refractivity contribution in [3.63, 3.8) is 0 Å². The van der Waals surface area contributed by atoms with Gasteiger partial charge in [-0.05, 0) is 31.3 Å². The predicted molar refractivity (Wildman–Crippen MR) is 123 cm³/mol. The van der Waals surface area contributed by atoms with Crippen LogP contribution in [-0.4, -0.2) is 93.9 Å². The minimum Gasteiger partial charge on any atom is -0.496 e. The molecule has 0 unspecified atom stereocenters. The number of carbonyl (C=O) groups is 1. The van der Waals surface area contributed by atoms with E-state index < -0.39 is 0 Å². The highest BCUT2D eigenvalue weighted by Gasteiger charge is 2.30. The fourth-order valence-electron chi connectivity index (χ4n) is 4.35. The van der Waals surface area contributed by atoms with Crippen LogP contribution in [0.15, 0.2) is 48.5 Å². The van der Waals surface area contributed by atoms with E-state index in [9.17, 15) is 4.79 Å². The van der Waals surface area contributed by atoms with Crippen molar-refractivity contribution in [1.29, 1.82) is 0 Å². The molecule has 2 aromatic carbocycles. The van der Waals surface area contributed by atoms with Crippen LogP contribution < -0.4 is 9.47 Å². The zero-order chi connectivity index (χ0) is 22.3. The van der Waals surface area contributed by atoms with Gasteiger partial charge in [-0.1, -0.05) is 24.3 Å². The summed E-state index contributed by atoms with van der Waals surface area (Å²) in [7, 11) is 3.79. The van der Waals surface area contributed by atoms with Crippen LogP contribution in [0.25, 0.3) is 0 Å². The molecule has 1 amide bonds. The minimum atomic E-state index is 0.0385. The van der Waals surface area contributed by atoms with E-state index in [1.165, 1.54) is 0 Å². The number of rotatable bonds is 7. The summed E-state index contributed by atoms with van der Waals surface area (Å²) < 4.78 is 16.9. The van der Waals surface area contributed by atoms with E-state index in [2.05, 4.69) is 22.9 Å². The van der Waals surface area contributed by atoms with E-state index in [0.29, 0.717) is 25.3 Å². The summed E-state index contributed by atoms with van der Waals surface area (Å²) in [6, 6.07) is 15.7. The normalized spacial score (nSPS) is 20.2. The van der Waals surface area contributed by atoms with Crippen molar-refractivity contribution < 1.29 is 19.0 Å². The molecule has 2 saturated heterocycles. The Morgan fingerprint density at radius 3 is 2.69 bits per heavy atom. The van der Waals surface area contributed by atoms with Crippen LogP contribution >= 0.6 is 0 Å². The van der Waals surface area contributed by atoms with Crippen molar-refractivity contribution in [2.75, 3.05) is 73.2 Å². The first-order chi connectivity index (χ1) is 15.7. The van der Waals surface area contributed by atoms with Crippen molar-refractivity contribution in [2.45, 2.75) is 6.04 Å². The van der Waals surface area contributed by atoms with Gasteiger partial charge in [0.05, 0.1) is 26.4 Å². The molecule has 0 radical (unpaired) electrons. The zero-order valence-corrected chi connectivity index (χ0v) is 19.0. The van der Waals surface area contributed by atoms with Gasteiger partial charge in [-0.2, -0.15) is 0 Å². The Hall–Kier alpha value is -2.61. The molecule has 2 fully saturated rings. The first-order valence-corrected chi connectivity index (χ1v) is 11.3. The topological polar surface area (TPSA) is 54.5 Å². The van der Waals surface area contributed by atoms with E-state index in [1.54, 1.807) is 7.11 Å². The Morgan fingerprint density at radius 1 is 1.06 bits per heavy atom. The molecule has 0 aliphatic carbocycles. The number of likely N-dealkylation sites (N-methyl/N-ethyl adjacent to an activating group) is 1. The van der Waals surface area contributed by atoms with E-state index in [4.69, 9.17) is 14.2 Å². The van der Waals surface area contributed by atoms with Crippen LogP contribution in [0.2, 0.25) is 0 Å². The Kier molecular flexibility index (Phi) is 7.63. The number of hydrogen-bond donors (Lipinski definition) is 0. The van der Waals surface area contributed by atoms with Crippen LogP contribution in [0.3, 0.4) is 0 Å². The number of morpholine rings is 1. The maximum atomic E-state index is 13.3. The van der Waals surface area contributed by atoms with Gasteiger partial charge in [0.2, 0.25) is 0 Å². The third-order valence-electron chi connectivity index (χ3n) is 6.29. The Bertz CT molecular complexity index is 900. The fourth-order valence-corrected chi connectivity index (χ4v) is 4.35. The lowest BCUT2D eigenvalue weighted by atomic mass is 10.0. The van der Waals surface area contributed by atoms with Crippen LogP contribution in [0, 0.1) is 0 Å². The number of hydrogen-bond acceptors (Lipinski definition) is 6. The lowest BCUT2D eigenvalue weighted by Gasteiger charge is -2.40. The van der Waals surface area contributed by atoms with Crippen LogP contribution in [0.4, 0.5) is 0 Å². The molecule has 0 saturated carbocycles. The van der Waals surface area contributed by atoms with Crippen LogP contribution in [-0.2, 0) is 4.74 Å². The van der Waals surface area contributed by atoms with Crippen LogP contribution in [0.1, 0.15) is 22.0 Å². The molecule has 0 bridgehead atoms. The Morgan fingerprint density at radius 2 is 1.88 bits per heavy atom. The molecule has 4 rings (SSSR count). The molecule has 0 N–H and O–H groups in total. The molecule has 7 nitrogen and oxygen atoms in total. The number of ether oxygens (including phenoxy) is 3. The molecule has 0 aromatic heterocycles. The second kappa shape index (κ2) is 10.8. The second-order valence-electron chi connectivity index (χ2n) is 8.32. The average molecular weight is 440 g/mol. The van der Waals surface area contributed by atoms with Crippen LogP contribution in [0.5, 0.6) is 11.5 Å². The lowest BCUT2D eigenvalue weighted by Crippen LogP contribution is -2.49. The summed E-state index contributed by atoms with van der Waals surface area (Å²) in [6.45, 7) is 7.04. The summed E-state index contributed by atoms with van der Waals surface area (Å²) >= 11 is 0. The molecular weight excluding hydrogens is 406 g/mol. The molecule has 2 heterocycles. The molecule has 1 atom stereocenters. The standard InChI is InChI=1S/C25H33N3O4/c1-26-10-11-28(19-23(26)22-8-3-4-9-24(22)30-2)25(29)20-6-5-7-21(18-20)32-17-14-27-12-15-31-16-13-27/h3-9,18,23H,10-17,19H2,1-2H3/t23-/m0/s1. The number of methoxy groups -OCH3 is 1. The van der Waals surface area contributed by atoms with Gasteiger partial charge in [-0.25, -0.2) is 0 Å². The van der Waals surface area contributed by atoms with Gasteiger partial charge in [-0.3, -0.25) is 14.6 Å². The fraction of sp³-hybridized carbons (Fsp3) is 0.480. The van der Waals surface area contributed by atoms with Crippen molar-refractivity contribution in [1.82, 2.24) is 14.7 Å². The highest BCUT2D eigenvalue weighted by atomic mass is 16.5. The van der Waals surface area contributed by atoms with Gasteiger partial charge in [0.15, 0.2) is 0 Å².